The van der Waals surface area contributed by atoms with E-state index in [1.165, 1.54) is 0 Å². The maximum Gasteiger partial charge on any atom is 0.455 e. The fraction of sp³-hybridized carbons (Fsp3) is 0.500. The summed E-state index contributed by atoms with van der Waals surface area (Å²) < 4.78 is 41.5. The van der Waals surface area contributed by atoms with Gasteiger partial charge in [0.25, 0.3) is 5.82 Å². The van der Waals surface area contributed by atoms with Gasteiger partial charge in [0, 0.05) is 0 Å². The number of allylic oxidation sites excluding steroid dienone is 2. The summed E-state index contributed by atoms with van der Waals surface area (Å²) in [6, 6.07) is 0. The first-order chi connectivity index (χ1) is 8.39. The zero-order valence-corrected chi connectivity index (χ0v) is 9.02. The van der Waals surface area contributed by atoms with Crippen LogP contribution in [0.4, 0.5) is 13.2 Å². The van der Waals surface area contributed by atoms with E-state index in [4.69, 9.17) is 5.11 Å². The van der Waals surface area contributed by atoms with Crippen molar-refractivity contribution >= 4 is 5.97 Å². The minimum atomic E-state index is -4.69. The average molecular weight is 262 g/mol. The molecule has 0 aromatic carbocycles. The van der Waals surface area contributed by atoms with Gasteiger partial charge in [-0.1, -0.05) is 17.3 Å². The molecule has 0 spiro atoms. The highest BCUT2D eigenvalue weighted by molar-refractivity contribution is 5.71. The van der Waals surface area contributed by atoms with Crippen LogP contribution in [0, 0.1) is 5.92 Å². The number of carboxylic acid groups (broad SMARTS) is 1. The maximum atomic E-state index is 12.3. The standard InChI is InChI=1S/C10H9F3N2O3/c11-10(12,13)9-14-7(18-15-9)5-3-1-2-4-6(5)8(16)17/h1-2,5-6H,3-4H2,(H,16,17). The van der Waals surface area contributed by atoms with Gasteiger partial charge in [-0.25, -0.2) is 0 Å². The van der Waals surface area contributed by atoms with E-state index in [1.54, 1.807) is 12.2 Å². The summed E-state index contributed by atoms with van der Waals surface area (Å²) in [7, 11) is 0. The normalized spacial score (nSPS) is 24.2. The van der Waals surface area contributed by atoms with Crippen LogP contribution in [0.2, 0.25) is 0 Å². The van der Waals surface area contributed by atoms with Crippen molar-refractivity contribution in [1.82, 2.24) is 10.1 Å². The molecule has 8 heteroatoms. The van der Waals surface area contributed by atoms with Crippen LogP contribution in [-0.4, -0.2) is 21.2 Å². The summed E-state index contributed by atoms with van der Waals surface area (Å²) in [4.78, 5) is 14.2. The maximum absolute atomic E-state index is 12.3. The Morgan fingerprint density at radius 3 is 2.61 bits per heavy atom. The van der Waals surface area contributed by atoms with Crippen LogP contribution in [0.1, 0.15) is 30.5 Å². The minimum Gasteiger partial charge on any atom is -0.481 e. The fourth-order valence-corrected chi connectivity index (χ4v) is 1.86. The Balaban J connectivity index is 2.27. The molecule has 1 N–H and O–H groups in total. The Morgan fingerprint density at radius 2 is 2.06 bits per heavy atom. The van der Waals surface area contributed by atoms with E-state index in [2.05, 4.69) is 14.7 Å². The number of carboxylic acids is 1. The van der Waals surface area contributed by atoms with E-state index in [0.717, 1.165) is 0 Å². The quantitative estimate of drug-likeness (QED) is 0.827. The van der Waals surface area contributed by atoms with Gasteiger partial charge in [-0.05, 0) is 12.8 Å². The molecule has 1 aliphatic carbocycles. The zero-order valence-electron chi connectivity index (χ0n) is 9.02. The van der Waals surface area contributed by atoms with Crippen molar-refractivity contribution in [3.05, 3.63) is 23.9 Å². The molecule has 2 rings (SSSR count). The first kappa shape index (κ1) is 12.6. The van der Waals surface area contributed by atoms with Crippen LogP contribution in [0.15, 0.2) is 16.7 Å². The van der Waals surface area contributed by atoms with Crippen LogP contribution in [-0.2, 0) is 11.0 Å². The lowest BCUT2D eigenvalue weighted by molar-refractivity contribution is -0.146. The van der Waals surface area contributed by atoms with Crippen LogP contribution < -0.4 is 0 Å². The first-order valence-corrected chi connectivity index (χ1v) is 5.18. The highest BCUT2D eigenvalue weighted by Crippen LogP contribution is 2.35. The van der Waals surface area contributed by atoms with Crippen LogP contribution in [0.25, 0.3) is 0 Å². The summed E-state index contributed by atoms with van der Waals surface area (Å²) in [5.74, 6) is -4.29. The summed E-state index contributed by atoms with van der Waals surface area (Å²) in [5, 5.41) is 11.8. The third-order valence-electron chi connectivity index (χ3n) is 2.76. The second-order valence-corrected chi connectivity index (χ2v) is 3.95. The topological polar surface area (TPSA) is 76.2 Å². The lowest BCUT2D eigenvalue weighted by atomic mass is 9.83. The molecule has 0 bridgehead atoms. The number of aliphatic carboxylic acids is 1. The van der Waals surface area contributed by atoms with Gasteiger partial charge in [0.05, 0.1) is 11.8 Å². The van der Waals surface area contributed by atoms with Crippen LogP contribution in [0.3, 0.4) is 0 Å². The van der Waals surface area contributed by atoms with E-state index in [9.17, 15) is 18.0 Å². The molecule has 1 heterocycles. The molecule has 1 aromatic heterocycles. The lowest BCUT2D eigenvalue weighted by Gasteiger charge is -2.21. The van der Waals surface area contributed by atoms with Gasteiger partial charge >= 0.3 is 12.1 Å². The Hall–Kier alpha value is -1.86. The lowest BCUT2D eigenvalue weighted by Crippen LogP contribution is -2.23. The summed E-state index contributed by atoms with van der Waals surface area (Å²) in [6.45, 7) is 0. The molecule has 5 nitrogen and oxygen atoms in total. The first-order valence-electron chi connectivity index (χ1n) is 5.18. The van der Waals surface area contributed by atoms with Crippen molar-refractivity contribution < 1.29 is 27.6 Å². The largest absolute Gasteiger partial charge is 0.481 e. The molecular formula is C10H9F3N2O3. The number of hydrogen-bond donors (Lipinski definition) is 1. The van der Waals surface area contributed by atoms with Gasteiger partial charge < -0.3 is 9.63 Å². The predicted molar refractivity (Wildman–Crippen MR) is 51.5 cm³/mol. The molecule has 0 amide bonds. The summed E-state index contributed by atoms with van der Waals surface area (Å²) in [6.07, 6.45) is -0.803. The Kier molecular flexibility index (Phi) is 3.10. The Labute approximate surface area is 99.3 Å². The SMILES string of the molecule is O=C(O)C1CC=CCC1c1nc(C(F)(F)F)no1. The van der Waals surface area contributed by atoms with E-state index in [-0.39, 0.29) is 18.7 Å². The van der Waals surface area contributed by atoms with E-state index in [0.29, 0.717) is 0 Å². The number of aromatic nitrogens is 2. The van der Waals surface area contributed by atoms with Gasteiger partial charge in [-0.15, -0.1) is 0 Å². The van der Waals surface area contributed by atoms with Gasteiger partial charge in [0.1, 0.15) is 0 Å². The van der Waals surface area contributed by atoms with Crippen LogP contribution in [0.5, 0.6) is 0 Å². The van der Waals surface area contributed by atoms with Crippen molar-refractivity contribution in [3.8, 4) is 0 Å². The second kappa shape index (κ2) is 4.43. The van der Waals surface area contributed by atoms with E-state index >= 15 is 0 Å². The Bertz CT molecular complexity index is 481. The van der Waals surface area contributed by atoms with Crippen molar-refractivity contribution in [1.29, 1.82) is 0 Å². The van der Waals surface area contributed by atoms with Gasteiger partial charge in [-0.3, -0.25) is 4.79 Å². The third kappa shape index (κ3) is 2.36. The molecule has 2 atom stereocenters. The molecule has 18 heavy (non-hydrogen) atoms. The van der Waals surface area contributed by atoms with Crippen molar-refractivity contribution in [2.24, 2.45) is 5.92 Å². The average Bonchev–Trinajstić information content (AvgIpc) is 2.77. The molecule has 1 aliphatic rings. The number of alkyl halides is 3. The number of halogens is 3. The van der Waals surface area contributed by atoms with Crippen LogP contribution >= 0.6 is 0 Å². The highest BCUT2D eigenvalue weighted by atomic mass is 19.4. The van der Waals surface area contributed by atoms with Gasteiger partial charge in [0.15, 0.2) is 0 Å². The Morgan fingerprint density at radius 1 is 1.39 bits per heavy atom. The molecule has 1 aromatic rings. The number of nitrogens with zero attached hydrogens (tertiary/aromatic N) is 2. The molecule has 98 valence electrons. The molecule has 0 fully saturated rings. The third-order valence-corrected chi connectivity index (χ3v) is 2.76. The van der Waals surface area contributed by atoms with Crippen molar-refractivity contribution in [2.45, 2.75) is 24.9 Å². The fourth-order valence-electron chi connectivity index (χ4n) is 1.86. The number of hydrogen-bond acceptors (Lipinski definition) is 4. The molecule has 0 saturated carbocycles. The molecule has 2 unspecified atom stereocenters. The predicted octanol–water partition coefficient (Wildman–Crippen LogP) is 2.22. The van der Waals surface area contributed by atoms with E-state index < -0.39 is 29.8 Å². The van der Waals surface area contributed by atoms with Gasteiger partial charge in [0.2, 0.25) is 5.89 Å². The van der Waals surface area contributed by atoms with Gasteiger partial charge in [-0.2, -0.15) is 18.2 Å². The summed E-state index contributed by atoms with van der Waals surface area (Å²) in [5.41, 5.74) is 0. The monoisotopic (exact) mass is 262 g/mol. The molecule has 0 radical (unpaired) electrons. The number of rotatable bonds is 2. The molecule has 0 aliphatic heterocycles. The second-order valence-electron chi connectivity index (χ2n) is 3.95. The number of carbonyl (C=O) groups is 1. The zero-order chi connectivity index (χ0) is 13.3. The molecule has 0 saturated heterocycles. The minimum absolute atomic E-state index is 0.240. The smallest absolute Gasteiger partial charge is 0.455 e. The highest BCUT2D eigenvalue weighted by Gasteiger charge is 2.40. The van der Waals surface area contributed by atoms with Crippen molar-refractivity contribution in [2.75, 3.05) is 0 Å². The molecular weight excluding hydrogens is 253 g/mol. The summed E-state index contributed by atoms with van der Waals surface area (Å²) >= 11 is 0. The van der Waals surface area contributed by atoms with E-state index in [1.807, 2.05) is 0 Å². The van der Waals surface area contributed by atoms with Crippen molar-refractivity contribution in [3.63, 3.8) is 0 Å².